The Labute approximate surface area is 113 Å². The second kappa shape index (κ2) is 7.78. The van der Waals surface area contributed by atoms with Crippen LogP contribution in [0.2, 0.25) is 0 Å². The first-order valence-electron chi connectivity index (χ1n) is 5.89. The first-order chi connectivity index (χ1) is 9.02. The molecule has 1 aromatic carbocycles. The quantitative estimate of drug-likeness (QED) is 0.807. The van der Waals surface area contributed by atoms with E-state index in [4.69, 9.17) is 0 Å². The smallest absolute Gasteiger partial charge is 0.232 e. The van der Waals surface area contributed by atoms with Crippen molar-refractivity contribution in [3.05, 3.63) is 35.6 Å². The van der Waals surface area contributed by atoms with Gasteiger partial charge in [0.05, 0.1) is 5.75 Å². The zero-order valence-electron chi connectivity index (χ0n) is 10.6. The fraction of sp³-hybridized carbons (Fsp3) is 0.385. The van der Waals surface area contributed by atoms with E-state index < -0.39 is 16.6 Å². The van der Waals surface area contributed by atoms with Crippen molar-refractivity contribution in [3.63, 3.8) is 0 Å². The van der Waals surface area contributed by atoms with Crippen LogP contribution >= 0.6 is 0 Å². The van der Waals surface area contributed by atoms with Crippen molar-refractivity contribution >= 4 is 22.5 Å². The third kappa shape index (κ3) is 5.74. The van der Waals surface area contributed by atoms with Crippen LogP contribution in [0.25, 0.3) is 0 Å². The van der Waals surface area contributed by atoms with Gasteiger partial charge in [-0.3, -0.25) is 13.8 Å². The summed E-state index contributed by atoms with van der Waals surface area (Å²) in [5.74, 6) is -1.57. The summed E-state index contributed by atoms with van der Waals surface area (Å²) >= 11 is 0. The van der Waals surface area contributed by atoms with Gasteiger partial charge in [0.25, 0.3) is 0 Å². The number of amides is 1. The van der Waals surface area contributed by atoms with Crippen LogP contribution in [-0.4, -0.2) is 33.9 Å². The molecule has 1 N–H and O–H groups in total. The summed E-state index contributed by atoms with van der Waals surface area (Å²) in [4.78, 5) is 22.8. The van der Waals surface area contributed by atoms with Crippen LogP contribution in [0.15, 0.2) is 24.3 Å². The lowest BCUT2D eigenvalue weighted by Crippen LogP contribution is -2.30. The molecule has 104 valence electrons. The van der Waals surface area contributed by atoms with Gasteiger partial charge in [-0.15, -0.1) is 0 Å². The molecule has 1 unspecified atom stereocenters. The highest BCUT2D eigenvalue weighted by Gasteiger charge is 2.13. The number of benzene rings is 1. The van der Waals surface area contributed by atoms with Crippen LogP contribution in [0.5, 0.6) is 0 Å². The fourth-order valence-corrected chi connectivity index (χ4v) is 2.49. The number of carbonyl (C=O) groups is 2. The van der Waals surface area contributed by atoms with Gasteiger partial charge in [-0.25, -0.2) is 4.39 Å². The van der Waals surface area contributed by atoms with Crippen molar-refractivity contribution in [3.8, 4) is 0 Å². The highest BCUT2D eigenvalue weighted by molar-refractivity contribution is 7.86. The molecule has 0 fully saturated rings. The number of carbonyl (C=O) groups excluding carboxylic acids is 2. The second-order valence-electron chi connectivity index (χ2n) is 3.99. The predicted octanol–water partition coefficient (Wildman–Crippen LogP) is 0.822. The van der Waals surface area contributed by atoms with E-state index in [0.717, 1.165) is 0 Å². The zero-order valence-corrected chi connectivity index (χ0v) is 11.5. The van der Waals surface area contributed by atoms with E-state index in [9.17, 15) is 18.2 Å². The number of Topliss-reactive ketones (excluding diaryl/α,β-unsaturated/α-hetero) is 1. The van der Waals surface area contributed by atoms with Gasteiger partial charge in [0, 0.05) is 23.8 Å². The van der Waals surface area contributed by atoms with Crippen molar-refractivity contribution in [2.24, 2.45) is 0 Å². The van der Waals surface area contributed by atoms with Gasteiger partial charge in [-0.2, -0.15) is 0 Å². The molecule has 0 saturated carbocycles. The molecule has 1 rings (SSSR count). The maximum Gasteiger partial charge on any atom is 0.232 e. The molecule has 0 spiro atoms. The van der Waals surface area contributed by atoms with Crippen molar-refractivity contribution in [2.45, 2.75) is 13.3 Å². The van der Waals surface area contributed by atoms with Crippen LogP contribution in [0.3, 0.4) is 0 Å². The Morgan fingerprint density at radius 3 is 2.58 bits per heavy atom. The molecule has 1 aromatic rings. The van der Waals surface area contributed by atoms with Gasteiger partial charge in [0.2, 0.25) is 5.91 Å². The Morgan fingerprint density at radius 2 is 1.95 bits per heavy atom. The Bertz CT molecular complexity index is 491. The Balaban J connectivity index is 2.45. The van der Waals surface area contributed by atoms with Crippen molar-refractivity contribution < 1.29 is 18.2 Å². The molecule has 0 saturated heterocycles. The van der Waals surface area contributed by atoms with Gasteiger partial charge in [0.15, 0.2) is 0 Å². The lowest BCUT2D eigenvalue weighted by molar-refractivity contribution is -0.118. The van der Waals surface area contributed by atoms with Gasteiger partial charge in [-0.05, 0) is 18.6 Å². The number of nitrogens with one attached hydrogen (secondary N) is 1. The second-order valence-corrected chi connectivity index (χ2v) is 5.45. The highest BCUT2D eigenvalue weighted by Crippen LogP contribution is 2.07. The average molecular weight is 285 g/mol. The Kier molecular flexibility index (Phi) is 6.35. The molecule has 0 heterocycles. The Morgan fingerprint density at radius 1 is 1.26 bits per heavy atom. The van der Waals surface area contributed by atoms with Gasteiger partial charge < -0.3 is 5.32 Å². The van der Waals surface area contributed by atoms with Gasteiger partial charge in [-0.1, -0.05) is 18.2 Å². The molecule has 0 bridgehead atoms. The van der Waals surface area contributed by atoms with Crippen LogP contribution < -0.4 is 5.32 Å². The molecule has 0 aromatic heterocycles. The van der Waals surface area contributed by atoms with E-state index in [1.165, 1.54) is 18.2 Å². The van der Waals surface area contributed by atoms with Gasteiger partial charge >= 0.3 is 0 Å². The molecule has 19 heavy (non-hydrogen) atoms. The molecule has 0 radical (unpaired) electrons. The minimum absolute atomic E-state index is 0.103. The zero-order chi connectivity index (χ0) is 14.3. The lowest BCUT2D eigenvalue weighted by atomic mass is 10.1. The molecule has 1 atom stereocenters. The summed E-state index contributed by atoms with van der Waals surface area (Å²) in [7, 11) is -1.55. The van der Waals surface area contributed by atoms with Crippen molar-refractivity contribution in [2.75, 3.05) is 18.1 Å². The third-order valence-corrected chi connectivity index (χ3v) is 3.56. The van der Waals surface area contributed by atoms with E-state index in [2.05, 4.69) is 5.32 Å². The number of hydrogen-bond donors (Lipinski definition) is 1. The summed E-state index contributed by atoms with van der Waals surface area (Å²) in [6, 6.07) is 5.96. The fourth-order valence-electron chi connectivity index (χ4n) is 1.53. The standard InChI is InChI=1S/C13H16FNO3S/c1-2-15-13(17)9-19(18)8-11(16)7-10-5-3-4-6-12(10)14/h3-6H,2,7-9H2,1H3,(H,15,17). The van der Waals surface area contributed by atoms with Crippen LogP contribution in [0.1, 0.15) is 12.5 Å². The summed E-state index contributed by atoms with van der Waals surface area (Å²) < 4.78 is 24.9. The van der Waals surface area contributed by atoms with Crippen molar-refractivity contribution in [1.82, 2.24) is 5.32 Å². The molecule has 6 heteroatoms. The van der Waals surface area contributed by atoms with Gasteiger partial charge in [0.1, 0.15) is 17.4 Å². The van der Waals surface area contributed by atoms with Crippen LogP contribution in [0, 0.1) is 5.82 Å². The average Bonchev–Trinajstić information content (AvgIpc) is 2.31. The molecular formula is C13H16FNO3S. The summed E-state index contributed by atoms with van der Waals surface area (Å²) in [5, 5.41) is 2.51. The Hall–Kier alpha value is -1.56. The molecule has 0 aliphatic rings. The summed E-state index contributed by atoms with van der Waals surface area (Å²) in [6.07, 6.45) is -0.103. The number of halogens is 1. The SMILES string of the molecule is CCNC(=O)CS(=O)CC(=O)Cc1ccccc1F. The topological polar surface area (TPSA) is 63.2 Å². The minimum Gasteiger partial charge on any atom is -0.356 e. The van der Waals surface area contributed by atoms with E-state index in [-0.39, 0.29) is 35.2 Å². The highest BCUT2D eigenvalue weighted by atomic mass is 32.2. The first kappa shape index (κ1) is 15.5. The number of hydrogen-bond acceptors (Lipinski definition) is 3. The maximum atomic E-state index is 13.3. The molecule has 4 nitrogen and oxygen atoms in total. The lowest BCUT2D eigenvalue weighted by Gasteiger charge is -2.04. The predicted molar refractivity (Wildman–Crippen MR) is 71.7 cm³/mol. The van der Waals surface area contributed by atoms with Crippen LogP contribution in [-0.2, 0) is 26.8 Å². The molecule has 0 aliphatic carbocycles. The summed E-state index contributed by atoms with van der Waals surface area (Å²) in [5.41, 5.74) is 0.280. The minimum atomic E-state index is -1.55. The molecule has 1 amide bonds. The molecule has 0 aliphatic heterocycles. The maximum absolute atomic E-state index is 13.3. The van der Waals surface area contributed by atoms with E-state index >= 15 is 0 Å². The molecular weight excluding hydrogens is 269 g/mol. The number of ketones is 1. The monoisotopic (exact) mass is 285 g/mol. The van der Waals surface area contributed by atoms with E-state index in [1.54, 1.807) is 13.0 Å². The van der Waals surface area contributed by atoms with E-state index in [1.807, 2.05) is 0 Å². The third-order valence-electron chi connectivity index (χ3n) is 2.33. The number of rotatable bonds is 7. The largest absolute Gasteiger partial charge is 0.356 e. The van der Waals surface area contributed by atoms with Crippen molar-refractivity contribution in [1.29, 1.82) is 0 Å². The first-order valence-corrected chi connectivity index (χ1v) is 7.38. The van der Waals surface area contributed by atoms with E-state index in [0.29, 0.717) is 6.54 Å². The normalized spacial score (nSPS) is 11.9. The summed E-state index contributed by atoms with van der Waals surface area (Å²) in [6.45, 7) is 2.21. The van der Waals surface area contributed by atoms with Crippen LogP contribution in [0.4, 0.5) is 4.39 Å².